The quantitative estimate of drug-likeness (QED) is 0.551. The van der Waals surface area contributed by atoms with Gasteiger partial charge < -0.3 is 4.74 Å². The zero-order valence-corrected chi connectivity index (χ0v) is 8.43. The molecule has 2 nitrogen and oxygen atoms in total. The van der Waals surface area contributed by atoms with Crippen molar-refractivity contribution in [1.82, 2.24) is 0 Å². The van der Waals surface area contributed by atoms with Gasteiger partial charge in [0.2, 0.25) is 0 Å². The zero-order chi connectivity index (χ0) is 9.40. The third-order valence-electron chi connectivity index (χ3n) is 2.22. The standard InChI is InChI=1S/C10H20O2/c1-4-10(9(2)11)7-5-6-8-12-3/h10H,4-8H2,1-3H3. The molecule has 0 radical (unpaired) electrons. The van der Waals surface area contributed by atoms with Gasteiger partial charge in [0, 0.05) is 19.6 Å². The van der Waals surface area contributed by atoms with Gasteiger partial charge in [-0.15, -0.1) is 0 Å². The second-order valence-electron chi connectivity index (χ2n) is 3.20. The molecule has 72 valence electrons. The SMILES string of the molecule is CCC(CCCCOC)C(C)=O. The van der Waals surface area contributed by atoms with E-state index in [0.29, 0.717) is 5.78 Å². The summed E-state index contributed by atoms with van der Waals surface area (Å²) in [6.07, 6.45) is 4.17. The summed E-state index contributed by atoms with van der Waals surface area (Å²) in [6, 6.07) is 0. The van der Waals surface area contributed by atoms with Gasteiger partial charge in [0.05, 0.1) is 0 Å². The Bertz CT molecular complexity index is 121. The number of unbranched alkanes of at least 4 members (excludes halogenated alkanes) is 1. The molecule has 1 atom stereocenters. The topological polar surface area (TPSA) is 26.3 Å². The minimum Gasteiger partial charge on any atom is -0.385 e. The van der Waals surface area contributed by atoms with Crippen LogP contribution >= 0.6 is 0 Å². The number of methoxy groups -OCH3 is 1. The van der Waals surface area contributed by atoms with Gasteiger partial charge in [-0.3, -0.25) is 4.79 Å². The van der Waals surface area contributed by atoms with Crippen LogP contribution in [0.25, 0.3) is 0 Å². The molecule has 0 amide bonds. The van der Waals surface area contributed by atoms with Crippen LogP contribution in [0.4, 0.5) is 0 Å². The fraction of sp³-hybridized carbons (Fsp3) is 0.900. The number of carbonyl (C=O) groups is 1. The van der Waals surface area contributed by atoms with Crippen molar-refractivity contribution >= 4 is 5.78 Å². The summed E-state index contributed by atoms with van der Waals surface area (Å²) in [5.74, 6) is 0.608. The second kappa shape index (κ2) is 7.29. The minimum absolute atomic E-state index is 0.279. The van der Waals surface area contributed by atoms with Gasteiger partial charge in [-0.05, 0) is 26.2 Å². The van der Waals surface area contributed by atoms with E-state index in [0.717, 1.165) is 32.3 Å². The number of hydrogen-bond acceptors (Lipinski definition) is 2. The second-order valence-corrected chi connectivity index (χ2v) is 3.20. The molecule has 12 heavy (non-hydrogen) atoms. The molecule has 0 bridgehead atoms. The Morgan fingerprint density at radius 1 is 1.42 bits per heavy atom. The van der Waals surface area contributed by atoms with Crippen LogP contribution in [0.1, 0.15) is 39.5 Å². The minimum atomic E-state index is 0.279. The van der Waals surface area contributed by atoms with Crippen LogP contribution < -0.4 is 0 Å². The maximum absolute atomic E-state index is 11.0. The highest BCUT2D eigenvalue weighted by molar-refractivity contribution is 5.78. The molecule has 2 heteroatoms. The molecule has 0 fully saturated rings. The van der Waals surface area contributed by atoms with Crippen LogP contribution in [-0.4, -0.2) is 19.5 Å². The van der Waals surface area contributed by atoms with Gasteiger partial charge in [0.1, 0.15) is 5.78 Å². The first-order valence-electron chi connectivity index (χ1n) is 4.71. The molecule has 0 aliphatic rings. The number of Topliss-reactive ketones (excluding diaryl/α,β-unsaturated/α-hetero) is 1. The van der Waals surface area contributed by atoms with E-state index < -0.39 is 0 Å². The lowest BCUT2D eigenvalue weighted by atomic mass is 9.96. The molecule has 0 N–H and O–H groups in total. The smallest absolute Gasteiger partial charge is 0.132 e. The Morgan fingerprint density at radius 2 is 2.08 bits per heavy atom. The van der Waals surface area contributed by atoms with Crippen LogP contribution in [-0.2, 0) is 9.53 Å². The van der Waals surface area contributed by atoms with E-state index in [-0.39, 0.29) is 5.92 Å². The predicted octanol–water partition coefficient (Wildman–Crippen LogP) is 2.42. The van der Waals surface area contributed by atoms with Crippen molar-refractivity contribution in [1.29, 1.82) is 0 Å². The highest BCUT2D eigenvalue weighted by atomic mass is 16.5. The first-order valence-corrected chi connectivity index (χ1v) is 4.71. The molecule has 0 saturated carbocycles. The van der Waals surface area contributed by atoms with E-state index in [1.165, 1.54) is 0 Å². The highest BCUT2D eigenvalue weighted by Crippen LogP contribution is 2.13. The molecular formula is C10H20O2. The van der Waals surface area contributed by atoms with Crippen molar-refractivity contribution in [2.45, 2.75) is 39.5 Å². The monoisotopic (exact) mass is 172 g/mol. The Morgan fingerprint density at radius 3 is 2.50 bits per heavy atom. The number of ether oxygens (including phenoxy) is 1. The lowest BCUT2D eigenvalue weighted by molar-refractivity contribution is -0.121. The molecule has 0 aliphatic carbocycles. The fourth-order valence-electron chi connectivity index (χ4n) is 1.33. The normalized spacial score (nSPS) is 12.9. The van der Waals surface area contributed by atoms with Crippen LogP contribution in [0.5, 0.6) is 0 Å². The Balaban J connectivity index is 3.38. The third kappa shape index (κ3) is 5.30. The van der Waals surface area contributed by atoms with Crippen molar-refractivity contribution in [3.8, 4) is 0 Å². The summed E-state index contributed by atoms with van der Waals surface area (Å²) in [7, 11) is 1.71. The molecule has 0 rings (SSSR count). The summed E-state index contributed by atoms with van der Waals surface area (Å²) in [5.41, 5.74) is 0. The average molecular weight is 172 g/mol. The van der Waals surface area contributed by atoms with Crippen LogP contribution in [0, 0.1) is 5.92 Å². The van der Waals surface area contributed by atoms with Crippen LogP contribution in [0.2, 0.25) is 0 Å². The van der Waals surface area contributed by atoms with Gasteiger partial charge >= 0.3 is 0 Å². The fourth-order valence-corrected chi connectivity index (χ4v) is 1.33. The summed E-state index contributed by atoms with van der Waals surface area (Å²) in [6.45, 7) is 4.57. The van der Waals surface area contributed by atoms with E-state index in [9.17, 15) is 4.79 Å². The summed E-state index contributed by atoms with van der Waals surface area (Å²) < 4.78 is 4.93. The molecule has 0 aromatic carbocycles. The molecule has 0 heterocycles. The number of carbonyl (C=O) groups excluding carboxylic acids is 1. The molecule has 0 aromatic rings. The molecule has 0 saturated heterocycles. The number of hydrogen-bond donors (Lipinski definition) is 0. The van der Waals surface area contributed by atoms with Gasteiger partial charge in [0.25, 0.3) is 0 Å². The third-order valence-corrected chi connectivity index (χ3v) is 2.22. The van der Waals surface area contributed by atoms with E-state index in [1.54, 1.807) is 14.0 Å². The van der Waals surface area contributed by atoms with Gasteiger partial charge in [0.15, 0.2) is 0 Å². The Kier molecular flexibility index (Phi) is 7.06. The number of ketones is 1. The largest absolute Gasteiger partial charge is 0.385 e. The summed E-state index contributed by atoms with van der Waals surface area (Å²) >= 11 is 0. The van der Waals surface area contributed by atoms with Gasteiger partial charge in [-0.25, -0.2) is 0 Å². The van der Waals surface area contributed by atoms with Crippen molar-refractivity contribution in [3.63, 3.8) is 0 Å². The molecular weight excluding hydrogens is 152 g/mol. The van der Waals surface area contributed by atoms with E-state index in [4.69, 9.17) is 4.74 Å². The van der Waals surface area contributed by atoms with E-state index in [2.05, 4.69) is 6.92 Å². The zero-order valence-electron chi connectivity index (χ0n) is 8.43. The molecule has 0 aliphatic heterocycles. The average Bonchev–Trinajstić information content (AvgIpc) is 2.04. The maximum atomic E-state index is 11.0. The van der Waals surface area contributed by atoms with Crippen molar-refractivity contribution in [2.75, 3.05) is 13.7 Å². The van der Waals surface area contributed by atoms with Crippen molar-refractivity contribution in [2.24, 2.45) is 5.92 Å². The van der Waals surface area contributed by atoms with Crippen LogP contribution in [0.15, 0.2) is 0 Å². The van der Waals surface area contributed by atoms with Gasteiger partial charge in [-0.2, -0.15) is 0 Å². The predicted molar refractivity (Wildman–Crippen MR) is 50.2 cm³/mol. The van der Waals surface area contributed by atoms with Crippen molar-refractivity contribution < 1.29 is 9.53 Å². The molecule has 0 spiro atoms. The molecule has 1 unspecified atom stereocenters. The molecule has 0 aromatic heterocycles. The number of rotatable bonds is 7. The first-order chi connectivity index (χ1) is 5.72. The van der Waals surface area contributed by atoms with Crippen LogP contribution in [0.3, 0.4) is 0 Å². The highest BCUT2D eigenvalue weighted by Gasteiger charge is 2.10. The first kappa shape index (κ1) is 11.6. The summed E-state index contributed by atoms with van der Waals surface area (Å²) in [4.78, 5) is 11.0. The summed E-state index contributed by atoms with van der Waals surface area (Å²) in [5, 5.41) is 0. The Hall–Kier alpha value is -0.370. The van der Waals surface area contributed by atoms with Gasteiger partial charge in [-0.1, -0.05) is 13.3 Å². The lowest BCUT2D eigenvalue weighted by Gasteiger charge is -2.09. The van der Waals surface area contributed by atoms with Crippen molar-refractivity contribution in [3.05, 3.63) is 0 Å². The Labute approximate surface area is 75.3 Å². The van der Waals surface area contributed by atoms with E-state index >= 15 is 0 Å². The van der Waals surface area contributed by atoms with E-state index in [1.807, 2.05) is 0 Å². The maximum Gasteiger partial charge on any atom is 0.132 e. The lowest BCUT2D eigenvalue weighted by Crippen LogP contribution is -2.09.